The maximum absolute atomic E-state index is 2.27. The summed E-state index contributed by atoms with van der Waals surface area (Å²) in [6.45, 7) is 2.17. The fourth-order valence-corrected chi connectivity index (χ4v) is 2.98. The predicted octanol–water partition coefficient (Wildman–Crippen LogP) is 5.07. The van der Waals surface area contributed by atoms with E-state index in [0.717, 1.165) is 0 Å². The van der Waals surface area contributed by atoms with Crippen LogP contribution in [0, 0.1) is 6.92 Å². The molecule has 4 aromatic rings. The SMILES string of the molecule is Cc1cc(-c2cccc3ccccc23)n2ccccc12. The summed E-state index contributed by atoms with van der Waals surface area (Å²) in [5.41, 5.74) is 5.14. The summed E-state index contributed by atoms with van der Waals surface area (Å²) in [6, 6.07) is 23.7. The third-order valence-electron chi connectivity index (χ3n) is 3.94. The lowest BCUT2D eigenvalue weighted by Crippen LogP contribution is -1.88. The van der Waals surface area contributed by atoms with Crippen LogP contribution in [0.2, 0.25) is 0 Å². The second-order valence-electron chi connectivity index (χ2n) is 5.20. The van der Waals surface area contributed by atoms with Crippen molar-refractivity contribution in [2.45, 2.75) is 6.92 Å². The number of pyridine rings is 1. The number of hydrogen-bond donors (Lipinski definition) is 0. The first-order valence-electron chi connectivity index (χ1n) is 6.89. The maximum Gasteiger partial charge on any atom is 0.0537 e. The summed E-state index contributed by atoms with van der Waals surface area (Å²) in [5, 5.41) is 2.59. The Bertz CT molecular complexity index is 910. The fraction of sp³-hybridized carbons (Fsp3) is 0.0526. The molecule has 0 aliphatic rings. The Morgan fingerprint density at radius 2 is 1.60 bits per heavy atom. The second kappa shape index (κ2) is 4.24. The molecule has 2 aromatic carbocycles. The lowest BCUT2D eigenvalue weighted by atomic mass is 10.0. The van der Waals surface area contributed by atoms with Gasteiger partial charge in [-0.1, -0.05) is 48.5 Å². The van der Waals surface area contributed by atoms with Gasteiger partial charge in [-0.05, 0) is 41.5 Å². The Morgan fingerprint density at radius 3 is 2.55 bits per heavy atom. The highest BCUT2D eigenvalue weighted by atomic mass is 14.9. The van der Waals surface area contributed by atoms with E-state index in [1.54, 1.807) is 0 Å². The highest BCUT2D eigenvalue weighted by Gasteiger charge is 2.09. The van der Waals surface area contributed by atoms with Gasteiger partial charge in [-0.15, -0.1) is 0 Å². The topological polar surface area (TPSA) is 4.41 Å². The molecule has 0 amide bonds. The van der Waals surface area contributed by atoms with Crippen molar-refractivity contribution in [3.8, 4) is 11.3 Å². The zero-order valence-corrected chi connectivity index (χ0v) is 11.4. The van der Waals surface area contributed by atoms with Gasteiger partial charge in [0.1, 0.15) is 0 Å². The molecule has 0 saturated carbocycles. The minimum atomic E-state index is 1.26. The van der Waals surface area contributed by atoms with Crippen molar-refractivity contribution >= 4 is 16.3 Å². The van der Waals surface area contributed by atoms with Gasteiger partial charge in [0.15, 0.2) is 0 Å². The van der Waals surface area contributed by atoms with Crippen molar-refractivity contribution in [1.29, 1.82) is 0 Å². The lowest BCUT2D eigenvalue weighted by Gasteiger charge is -2.07. The Hall–Kier alpha value is -2.54. The standard InChI is InChI=1S/C19H15N/c1-14-13-19(20-12-5-4-11-18(14)20)17-10-6-8-15-7-2-3-9-16(15)17/h2-13H,1H3. The zero-order chi connectivity index (χ0) is 13.5. The minimum Gasteiger partial charge on any atom is -0.316 e. The van der Waals surface area contributed by atoms with E-state index in [9.17, 15) is 0 Å². The molecular formula is C19H15N. The van der Waals surface area contributed by atoms with Crippen molar-refractivity contribution in [2.24, 2.45) is 0 Å². The average molecular weight is 257 g/mol. The van der Waals surface area contributed by atoms with Gasteiger partial charge in [0.2, 0.25) is 0 Å². The van der Waals surface area contributed by atoms with Crippen LogP contribution >= 0.6 is 0 Å². The van der Waals surface area contributed by atoms with Gasteiger partial charge in [-0.25, -0.2) is 0 Å². The summed E-state index contributed by atoms with van der Waals surface area (Å²) in [6.07, 6.45) is 2.14. The zero-order valence-electron chi connectivity index (χ0n) is 11.4. The van der Waals surface area contributed by atoms with Crippen LogP contribution in [-0.2, 0) is 0 Å². The van der Waals surface area contributed by atoms with Gasteiger partial charge in [-0.3, -0.25) is 0 Å². The van der Waals surface area contributed by atoms with Crippen molar-refractivity contribution < 1.29 is 0 Å². The van der Waals surface area contributed by atoms with Crippen LogP contribution in [0.15, 0.2) is 72.9 Å². The molecular weight excluding hydrogens is 242 g/mol. The van der Waals surface area contributed by atoms with Crippen molar-refractivity contribution in [1.82, 2.24) is 4.40 Å². The van der Waals surface area contributed by atoms with Gasteiger partial charge in [0.05, 0.1) is 5.69 Å². The summed E-state index contributed by atoms with van der Waals surface area (Å²) in [7, 11) is 0. The third-order valence-corrected chi connectivity index (χ3v) is 3.94. The Morgan fingerprint density at radius 1 is 0.800 bits per heavy atom. The smallest absolute Gasteiger partial charge is 0.0537 e. The van der Waals surface area contributed by atoms with Crippen molar-refractivity contribution in [3.63, 3.8) is 0 Å². The molecule has 0 radical (unpaired) electrons. The fourth-order valence-electron chi connectivity index (χ4n) is 2.98. The average Bonchev–Trinajstić information content (AvgIpc) is 2.84. The molecule has 0 saturated heterocycles. The molecule has 0 N–H and O–H groups in total. The second-order valence-corrected chi connectivity index (χ2v) is 5.20. The summed E-state index contributed by atoms with van der Waals surface area (Å²) in [5.74, 6) is 0. The van der Waals surface area contributed by atoms with Gasteiger partial charge < -0.3 is 4.40 Å². The molecule has 0 atom stereocenters. The first-order valence-corrected chi connectivity index (χ1v) is 6.89. The number of benzene rings is 2. The molecule has 0 bridgehead atoms. The van der Waals surface area contributed by atoms with Crippen LogP contribution in [0.3, 0.4) is 0 Å². The van der Waals surface area contributed by atoms with Crippen molar-refractivity contribution in [3.05, 3.63) is 78.5 Å². The molecule has 0 aliphatic heterocycles. The van der Waals surface area contributed by atoms with E-state index in [0.29, 0.717) is 0 Å². The Balaban J connectivity index is 2.12. The van der Waals surface area contributed by atoms with E-state index in [1.165, 1.54) is 33.1 Å². The molecule has 0 fully saturated rings. The van der Waals surface area contributed by atoms with Gasteiger partial charge in [0, 0.05) is 17.3 Å². The normalized spacial score (nSPS) is 11.2. The van der Waals surface area contributed by atoms with E-state index in [2.05, 4.69) is 84.3 Å². The number of aryl methyl sites for hydroxylation is 1. The van der Waals surface area contributed by atoms with Crippen LogP contribution < -0.4 is 0 Å². The van der Waals surface area contributed by atoms with Gasteiger partial charge in [0.25, 0.3) is 0 Å². The number of nitrogens with zero attached hydrogens (tertiary/aromatic N) is 1. The minimum absolute atomic E-state index is 1.26. The quantitative estimate of drug-likeness (QED) is 0.448. The lowest BCUT2D eigenvalue weighted by molar-refractivity contribution is 1.20. The third kappa shape index (κ3) is 1.56. The monoisotopic (exact) mass is 257 g/mol. The predicted molar refractivity (Wildman–Crippen MR) is 85.1 cm³/mol. The summed E-state index contributed by atoms with van der Waals surface area (Å²) >= 11 is 0. The molecule has 0 spiro atoms. The Labute approximate surface area is 118 Å². The van der Waals surface area contributed by atoms with Crippen LogP contribution in [0.4, 0.5) is 0 Å². The van der Waals surface area contributed by atoms with E-state index in [-0.39, 0.29) is 0 Å². The highest BCUT2D eigenvalue weighted by Crippen LogP contribution is 2.31. The van der Waals surface area contributed by atoms with Crippen LogP contribution in [0.1, 0.15) is 5.56 Å². The molecule has 0 aliphatic carbocycles. The van der Waals surface area contributed by atoms with E-state index in [1.807, 2.05) is 0 Å². The van der Waals surface area contributed by atoms with Crippen LogP contribution in [0.25, 0.3) is 27.5 Å². The van der Waals surface area contributed by atoms with Gasteiger partial charge in [-0.2, -0.15) is 0 Å². The van der Waals surface area contributed by atoms with Gasteiger partial charge >= 0.3 is 0 Å². The number of hydrogen-bond acceptors (Lipinski definition) is 0. The highest BCUT2D eigenvalue weighted by molar-refractivity contribution is 5.96. The van der Waals surface area contributed by atoms with E-state index < -0.39 is 0 Å². The van der Waals surface area contributed by atoms with E-state index in [4.69, 9.17) is 0 Å². The summed E-state index contributed by atoms with van der Waals surface area (Å²) < 4.78 is 2.27. The number of aromatic nitrogens is 1. The molecule has 2 aromatic heterocycles. The first kappa shape index (κ1) is 11.3. The van der Waals surface area contributed by atoms with E-state index >= 15 is 0 Å². The number of fused-ring (bicyclic) bond motifs is 2. The van der Waals surface area contributed by atoms with Crippen LogP contribution in [-0.4, -0.2) is 4.40 Å². The van der Waals surface area contributed by atoms with Crippen LogP contribution in [0.5, 0.6) is 0 Å². The summed E-state index contributed by atoms with van der Waals surface area (Å²) in [4.78, 5) is 0. The molecule has 4 rings (SSSR count). The largest absolute Gasteiger partial charge is 0.316 e. The number of rotatable bonds is 1. The van der Waals surface area contributed by atoms with Crippen molar-refractivity contribution in [2.75, 3.05) is 0 Å². The molecule has 2 heterocycles. The molecule has 20 heavy (non-hydrogen) atoms. The molecule has 1 heteroatoms. The molecule has 96 valence electrons. The maximum atomic E-state index is 2.27. The Kier molecular flexibility index (Phi) is 2.40. The first-order chi connectivity index (χ1) is 9.84. The molecule has 0 unspecified atom stereocenters. The molecule has 1 nitrogen and oxygen atoms in total.